The first kappa shape index (κ1) is 16.9. The molecule has 5 nitrogen and oxygen atoms in total. The maximum Gasteiger partial charge on any atom is 0.319 e. The normalized spacial score (nSPS) is 31.8. The molecular formula is C20H30N4O. The number of piperidine rings is 3. The van der Waals surface area contributed by atoms with E-state index < -0.39 is 0 Å². The number of nitrogens with one attached hydrogen (secondary N) is 2. The Hall–Kier alpha value is -1.59. The quantitative estimate of drug-likeness (QED) is 0.865. The third-order valence-electron chi connectivity index (χ3n) is 6.24. The minimum atomic E-state index is -0.0949. The van der Waals surface area contributed by atoms with Gasteiger partial charge in [0.2, 0.25) is 0 Å². The van der Waals surface area contributed by atoms with E-state index in [2.05, 4.69) is 20.4 Å². The fraction of sp³-hybridized carbons (Fsp3) is 0.650. The highest BCUT2D eigenvalue weighted by molar-refractivity contribution is 5.89. The van der Waals surface area contributed by atoms with Crippen molar-refractivity contribution in [1.82, 2.24) is 15.1 Å². The number of benzene rings is 1. The van der Waals surface area contributed by atoms with Gasteiger partial charge < -0.3 is 15.5 Å². The molecule has 4 aliphatic heterocycles. The third kappa shape index (κ3) is 4.15. The van der Waals surface area contributed by atoms with Crippen LogP contribution in [-0.2, 0) is 0 Å². The Morgan fingerprint density at radius 2 is 1.92 bits per heavy atom. The predicted octanol–water partition coefficient (Wildman–Crippen LogP) is 2.61. The first-order chi connectivity index (χ1) is 12.3. The van der Waals surface area contributed by atoms with Gasteiger partial charge in [0.05, 0.1) is 0 Å². The van der Waals surface area contributed by atoms with Crippen LogP contribution in [0, 0.1) is 11.8 Å². The molecule has 0 aliphatic carbocycles. The average Bonchev–Trinajstić information content (AvgIpc) is 3.15. The van der Waals surface area contributed by atoms with Crippen LogP contribution in [0.1, 0.15) is 25.7 Å². The van der Waals surface area contributed by atoms with Gasteiger partial charge in [-0.25, -0.2) is 4.79 Å². The third-order valence-corrected chi connectivity index (χ3v) is 6.24. The summed E-state index contributed by atoms with van der Waals surface area (Å²) in [6.45, 7) is 7.06. The Bertz CT molecular complexity index is 572. The number of hydrogen-bond donors (Lipinski definition) is 2. The summed E-state index contributed by atoms with van der Waals surface area (Å²) >= 11 is 0. The largest absolute Gasteiger partial charge is 0.336 e. The van der Waals surface area contributed by atoms with E-state index in [-0.39, 0.29) is 6.03 Å². The molecule has 5 heteroatoms. The molecule has 2 amide bonds. The number of amides is 2. The number of para-hydroxylation sites is 1. The van der Waals surface area contributed by atoms with E-state index in [1.54, 1.807) is 0 Å². The first-order valence-corrected chi connectivity index (χ1v) is 9.84. The molecule has 136 valence electrons. The van der Waals surface area contributed by atoms with E-state index in [0.717, 1.165) is 24.1 Å². The van der Waals surface area contributed by atoms with Gasteiger partial charge in [0.1, 0.15) is 0 Å². The van der Waals surface area contributed by atoms with E-state index >= 15 is 0 Å². The molecule has 4 saturated heterocycles. The van der Waals surface area contributed by atoms with Crippen LogP contribution in [0.5, 0.6) is 0 Å². The molecule has 0 spiro atoms. The van der Waals surface area contributed by atoms with Crippen molar-refractivity contribution in [2.75, 3.05) is 44.6 Å². The van der Waals surface area contributed by atoms with Gasteiger partial charge >= 0.3 is 6.03 Å². The second-order valence-corrected chi connectivity index (χ2v) is 7.90. The van der Waals surface area contributed by atoms with Crippen molar-refractivity contribution >= 4 is 11.7 Å². The topological polar surface area (TPSA) is 47.6 Å². The van der Waals surface area contributed by atoms with Crippen molar-refractivity contribution in [3.63, 3.8) is 0 Å². The fourth-order valence-electron chi connectivity index (χ4n) is 4.87. The molecule has 0 saturated carbocycles. The minimum absolute atomic E-state index is 0.0949. The van der Waals surface area contributed by atoms with Gasteiger partial charge in [0, 0.05) is 31.4 Å². The lowest BCUT2D eigenvalue weighted by Crippen LogP contribution is -2.58. The summed E-state index contributed by atoms with van der Waals surface area (Å²) in [4.78, 5) is 17.4. The molecule has 4 aliphatic rings. The maximum absolute atomic E-state index is 12.1. The number of carbonyl (C=O) groups is 1. The van der Waals surface area contributed by atoms with E-state index in [1.165, 1.54) is 58.4 Å². The predicted molar refractivity (Wildman–Crippen MR) is 101 cm³/mol. The molecule has 5 rings (SSSR count). The molecular weight excluding hydrogens is 312 g/mol. The zero-order valence-corrected chi connectivity index (χ0v) is 15.0. The van der Waals surface area contributed by atoms with E-state index in [0.29, 0.717) is 6.04 Å². The molecule has 4 atom stereocenters. The molecule has 25 heavy (non-hydrogen) atoms. The summed E-state index contributed by atoms with van der Waals surface area (Å²) < 4.78 is 0. The molecule has 4 fully saturated rings. The summed E-state index contributed by atoms with van der Waals surface area (Å²) in [6.07, 6.45) is 5.34. The Morgan fingerprint density at radius 1 is 1.12 bits per heavy atom. The average molecular weight is 342 g/mol. The van der Waals surface area contributed by atoms with Gasteiger partial charge in [-0.05, 0) is 69.3 Å². The highest BCUT2D eigenvalue weighted by Gasteiger charge is 2.40. The summed E-state index contributed by atoms with van der Waals surface area (Å²) in [7, 11) is 0. The van der Waals surface area contributed by atoms with E-state index in [4.69, 9.17) is 0 Å². The Kier molecular flexibility index (Phi) is 5.22. The zero-order chi connectivity index (χ0) is 17.1. The van der Waals surface area contributed by atoms with Crippen LogP contribution in [0.4, 0.5) is 10.5 Å². The minimum Gasteiger partial charge on any atom is -0.336 e. The van der Waals surface area contributed by atoms with Crippen LogP contribution in [-0.4, -0.2) is 61.1 Å². The number of nitrogens with zero attached hydrogens (tertiary/aromatic N) is 2. The molecule has 0 radical (unpaired) electrons. The molecule has 1 aromatic rings. The number of likely N-dealkylation sites (tertiary alicyclic amines) is 1. The van der Waals surface area contributed by atoms with Gasteiger partial charge in [-0.3, -0.25) is 4.90 Å². The lowest BCUT2D eigenvalue weighted by Gasteiger charge is -2.50. The van der Waals surface area contributed by atoms with E-state index in [9.17, 15) is 4.79 Å². The Morgan fingerprint density at radius 3 is 2.64 bits per heavy atom. The highest BCUT2D eigenvalue weighted by atomic mass is 16.2. The summed E-state index contributed by atoms with van der Waals surface area (Å²) in [5, 5.41) is 5.98. The van der Waals surface area contributed by atoms with Crippen molar-refractivity contribution < 1.29 is 4.79 Å². The lowest BCUT2D eigenvalue weighted by atomic mass is 9.75. The van der Waals surface area contributed by atoms with Crippen molar-refractivity contribution in [2.24, 2.45) is 11.8 Å². The first-order valence-electron chi connectivity index (χ1n) is 9.84. The SMILES string of the molecule is O=C(NC[C@@H]1C[C@H]2CCN1C[C@@H]2CN1CCCC1)Nc1ccccc1. The Labute approximate surface area is 150 Å². The van der Waals surface area contributed by atoms with E-state index in [1.807, 2.05) is 30.3 Å². The van der Waals surface area contributed by atoms with Crippen LogP contribution in [0.3, 0.4) is 0 Å². The number of hydrogen-bond acceptors (Lipinski definition) is 3. The lowest BCUT2D eigenvalue weighted by molar-refractivity contribution is -0.00837. The van der Waals surface area contributed by atoms with Crippen LogP contribution in [0.2, 0.25) is 0 Å². The summed E-state index contributed by atoms with van der Waals surface area (Å²) in [5.41, 5.74) is 0.844. The Balaban J connectivity index is 1.24. The molecule has 0 aromatic heterocycles. The molecule has 2 bridgehead atoms. The smallest absolute Gasteiger partial charge is 0.319 e. The summed E-state index contributed by atoms with van der Waals surface area (Å²) in [5.74, 6) is 1.68. The van der Waals surface area contributed by atoms with Gasteiger partial charge in [-0.2, -0.15) is 0 Å². The van der Waals surface area contributed by atoms with Crippen LogP contribution in [0.15, 0.2) is 30.3 Å². The molecule has 1 aromatic carbocycles. The van der Waals surface area contributed by atoms with Crippen LogP contribution >= 0.6 is 0 Å². The number of rotatable bonds is 5. The number of urea groups is 1. The standard InChI is InChI=1S/C20H30N4O/c25-20(22-18-6-2-1-3-7-18)21-13-19-12-16-8-11-24(19)15-17(16)14-23-9-4-5-10-23/h1-3,6-7,16-17,19H,4-5,8-15H2,(H2,21,22,25)/t16-,17+,19+/m1/s1. The monoisotopic (exact) mass is 342 g/mol. The molecule has 1 unspecified atom stereocenters. The van der Waals surface area contributed by atoms with Crippen molar-refractivity contribution in [2.45, 2.75) is 31.7 Å². The number of fused-ring (bicyclic) bond motifs is 3. The number of carbonyl (C=O) groups excluding carboxylic acids is 1. The van der Waals surface area contributed by atoms with Gasteiger partial charge in [-0.15, -0.1) is 0 Å². The van der Waals surface area contributed by atoms with Crippen LogP contribution in [0.25, 0.3) is 0 Å². The zero-order valence-electron chi connectivity index (χ0n) is 15.0. The second-order valence-electron chi connectivity index (χ2n) is 7.90. The van der Waals surface area contributed by atoms with Crippen LogP contribution < -0.4 is 10.6 Å². The van der Waals surface area contributed by atoms with Gasteiger partial charge in [0.25, 0.3) is 0 Å². The fourth-order valence-corrected chi connectivity index (χ4v) is 4.87. The van der Waals surface area contributed by atoms with Gasteiger partial charge in [0.15, 0.2) is 0 Å². The van der Waals surface area contributed by atoms with Crippen molar-refractivity contribution in [3.05, 3.63) is 30.3 Å². The number of anilines is 1. The maximum atomic E-state index is 12.1. The second kappa shape index (κ2) is 7.75. The van der Waals surface area contributed by atoms with Crippen molar-refractivity contribution in [3.8, 4) is 0 Å². The molecule has 2 N–H and O–H groups in total. The van der Waals surface area contributed by atoms with Gasteiger partial charge in [-0.1, -0.05) is 18.2 Å². The molecule has 4 heterocycles. The highest BCUT2D eigenvalue weighted by Crippen LogP contribution is 2.36. The van der Waals surface area contributed by atoms with Crippen molar-refractivity contribution in [1.29, 1.82) is 0 Å². The summed E-state index contributed by atoms with van der Waals surface area (Å²) in [6, 6.07) is 10.1.